The summed E-state index contributed by atoms with van der Waals surface area (Å²) in [5.74, 6) is 0.664. The van der Waals surface area contributed by atoms with Crippen LogP contribution in [-0.4, -0.2) is 41.2 Å². The molecule has 1 fully saturated rings. The molecule has 4 nitrogen and oxygen atoms in total. The van der Waals surface area contributed by atoms with E-state index in [1.54, 1.807) is 0 Å². The molecule has 0 radical (unpaired) electrons. The zero-order valence-corrected chi connectivity index (χ0v) is 17.5. The lowest BCUT2D eigenvalue weighted by Crippen LogP contribution is -2.43. The lowest BCUT2D eigenvalue weighted by atomic mass is 9.80. The molecular weight excluding hydrogens is 336 g/mol. The Bertz CT molecular complexity index is 592. The molecule has 1 aliphatic rings. The fourth-order valence-electron chi connectivity index (χ4n) is 3.93. The van der Waals surface area contributed by atoms with Gasteiger partial charge in [0.2, 0.25) is 11.8 Å². The van der Waals surface area contributed by atoms with Gasteiger partial charge in [-0.2, -0.15) is 0 Å². The van der Waals surface area contributed by atoms with Gasteiger partial charge in [0.25, 0.3) is 0 Å². The number of rotatable bonds is 8. The van der Waals surface area contributed by atoms with Crippen molar-refractivity contribution in [3.8, 4) is 0 Å². The van der Waals surface area contributed by atoms with Gasteiger partial charge in [0, 0.05) is 38.0 Å². The van der Waals surface area contributed by atoms with Gasteiger partial charge in [0.1, 0.15) is 0 Å². The maximum absolute atomic E-state index is 13.1. The maximum atomic E-state index is 13.1. The summed E-state index contributed by atoms with van der Waals surface area (Å²) in [7, 11) is 1.91. The van der Waals surface area contributed by atoms with Gasteiger partial charge in [-0.1, -0.05) is 43.7 Å². The average Bonchev–Trinajstić information content (AvgIpc) is 2.69. The van der Waals surface area contributed by atoms with E-state index < -0.39 is 0 Å². The van der Waals surface area contributed by atoms with E-state index in [9.17, 15) is 9.59 Å². The van der Waals surface area contributed by atoms with Crippen LogP contribution >= 0.6 is 0 Å². The second-order valence-corrected chi connectivity index (χ2v) is 8.21. The average molecular weight is 373 g/mol. The highest BCUT2D eigenvalue weighted by Crippen LogP contribution is 2.32. The van der Waals surface area contributed by atoms with Crippen molar-refractivity contribution in [2.24, 2.45) is 11.8 Å². The molecule has 0 saturated heterocycles. The number of carbonyl (C=O) groups excluding carboxylic acids is 2. The first-order chi connectivity index (χ1) is 12.9. The normalized spacial score (nSPS) is 19.7. The van der Waals surface area contributed by atoms with Crippen LogP contribution in [0.25, 0.3) is 0 Å². The molecule has 1 aliphatic carbocycles. The monoisotopic (exact) mass is 372 g/mol. The molecule has 0 aliphatic heterocycles. The molecule has 4 heteroatoms. The van der Waals surface area contributed by atoms with Crippen molar-refractivity contribution < 1.29 is 9.59 Å². The Morgan fingerprint density at radius 1 is 1.00 bits per heavy atom. The molecule has 1 aromatic carbocycles. The van der Waals surface area contributed by atoms with Crippen LogP contribution in [0.5, 0.6) is 0 Å². The lowest BCUT2D eigenvalue weighted by Gasteiger charge is -2.35. The molecule has 2 amide bonds. The van der Waals surface area contributed by atoms with E-state index in [2.05, 4.69) is 32.9 Å². The molecule has 0 spiro atoms. The van der Waals surface area contributed by atoms with Crippen LogP contribution in [0.1, 0.15) is 64.9 Å². The van der Waals surface area contributed by atoms with E-state index in [4.69, 9.17) is 0 Å². The zero-order valence-electron chi connectivity index (χ0n) is 17.5. The number of amides is 2. The molecule has 0 N–H and O–H groups in total. The van der Waals surface area contributed by atoms with E-state index in [1.807, 2.05) is 35.0 Å². The number of carbonyl (C=O) groups is 2. The van der Waals surface area contributed by atoms with Crippen LogP contribution in [0.2, 0.25) is 0 Å². The number of benzene rings is 1. The van der Waals surface area contributed by atoms with Crippen LogP contribution in [0.4, 0.5) is 0 Å². The standard InChI is InChI=1S/C23H36N2O2/c1-5-6-16-24(4)22(26)20-12-14-21(15-13-20)23(27)25(18(2)3)17-19-10-8-7-9-11-19/h7-11,18,20-21H,5-6,12-17H2,1-4H3. The molecule has 0 bridgehead atoms. The molecule has 1 aromatic rings. The molecule has 0 aromatic heterocycles. The van der Waals surface area contributed by atoms with E-state index >= 15 is 0 Å². The SMILES string of the molecule is CCCCN(C)C(=O)C1CCC(C(=O)N(Cc2ccccc2)C(C)C)CC1. The third-order valence-electron chi connectivity index (χ3n) is 5.75. The van der Waals surface area contributed by atoms with Crippen molar-refractivity contribution in [1.82, 2.24) is 9.80 Å². The fraction of sp³-hybridized carbons (Fsp3) is 0.652. The lowest BCUT2D eigenvalue weighted by molar-refractivity contribution is -0.142. The first-order valence-corrected chi connectivity index (χ1v) is 10.5. The second-order valence-electron chi connectivity index (χ2n) is 8.21. The number of unbranched alkanes of at least 4 members (excludes halogenated alkanes) is 1. The van der Waals surface area contributed by atoms with Gasteiger partial charge in [0.15, 0.2) is 0 Å². The minimum absolute atomic E-state index is 0.0566. The van der Waals surface area contributed by atoms with Gasteiger partial charge in [-0.3, -0.25) is 9.59 Å². The number of hydrogen-bond donors (Lipinski definition) is 0. The number of hydrogen-bond acceptors (Lipinski definition) is 2. The quantitative estimate of drug-likeness (QED) is 0.675. The summed E-state index contributed by atoms with van der Waals surface area (Å²) in [5, 5.41) is 0. The van der Waals surface area contributed by atoms with Crippen LogP contribution < -0.4 is 0 Å². The van der Waals surface area contributed by atoms with Gasteiger partial charge in [-0.05, 0) is 51.5 Å². The molecule has 0 atom stereocenters. The van der Waals surface area contributed by atoms with Gasteiger partial charge < -0.3 is 9.80 Å². The third kappa shape index (κ3) is 6.08. The summed E-state index contributed by atoms with van der Waals surface area (Å²) in [6.45, 7) is 7.81. The van der Waals surface area contributed by atoms with Crippen LogP contribution in [0.3, 0.4) is 0 Å². The van der Waals surface area contributed by atoms with Crippen molar-refractivity contribution in [3.05, 3.63) is 35.9 Å². The summed E-state index contributed by atoms with van der Waals surface area (Å²) < 4.78 is 0. The minimum Gasteiger partial charge on any atom is -0.346 e. The van der Waals surface area contributed by atoms with E-state index in [-0.39, 0.29) is 29.7 Å². The summed E-state index contributed by atoms with van der Waals surface area (Å²) in [4.78, 5) is 29.6. The largest absolute Gasteiger partial charge is 0.346 e. The summed E-state index contributed by atoms with van der Waals surface area (Å²) in [5.41, 5.74) is 1.17. The highest BCUT2D eigenvalue weighted by Gasteiger charge is 2.33. The Hall–Kier alpha value is -1.84. The topological polar surface area (TPSA) is 40.6 Å². The van der Waals surface area contributed by atoms with Gasteiger partial charge in [-0.15, -0.1) is 0 Å². The minimum atomic E-state index is 0.0566. The van der Waals surface area contributed by atoms with Gasteiger partial charge in [-0.25, -0.2) is 0 Å². The van der Waals surface area contributed by atoms with Crippen LogP contribution in [0, 0.1) is 11.8 Å². The molecule has 2 rings (SSSR count). The van der Waals surface area contributed by atoms with Crippen LogP contribution in [0.15, 0.2) is 30.3 Å². The Morgan fingerprint density at radius 2 is 1.56 bits per heavy atom. The first-order valence-electron chi connectivity index (χ1n) is 10.5. The van der Waals surface area contributed by atoms with Crippen molar-refractivity contribution in [2.75, 3.05) is 13.6 Å². The van der Waals surface area contributed by atoms with E-state index in [0.29, 0.717) is 6.54 Å². The summed E-state index contributed by atoms with van der Waals surface area (Å²) in [6.07, 6.45) is 5.49. The predicted octanol–water partition coefficient (Wildman–Crippen LogP) is 4.49. The van der Waals surface area contributed by atoms with Crippen LogP contribution in [-0.2, 0) is 16.1 Å². The highest BCUT2D eigenvalue weighted by atomic mass is 16.2. The first kappa shape index (κ1) is 21.5. The summed E-state index contributed by atoms with van der Waals surface area (Å²) >= 11 is 0. The molecule has 150 valence electrons. The zero-order chi connectivity index (χ0) is 19.8. The van der Waals surface area contributed by atoms with Gasteiger partial charge >= 0.3 is 0 Å². The van der Waals surface area contributed by atoms with Crippen molar-refractivity contribution in [1.29, 1.82) is 0 Å². The highest BCUT2D eigenvalue weighted by molar-refractivity contribution is 5.81. The van der Waals surface area contributed by atoms with E-state index in [0.717, 1.165) is 45.1 Å². The smallest absolute Gasteiger partial charge is 0.226 e. The Kier molecular flexibility index (Phi) is 8.33. The Balaban J connectivity index is 1.91. The fourth-order valence-corrected chi connectivity index (χ4v) is 3.93. The van der Waals surface area contributed by atoms with Crippen molar-refractivity contribution >= 4 is 11.8 Å². The number of nitrogens with zero attached hydrogens (tertiary/aromatic N) is 2. The third-order valence-corrected chi connectivity index (χ3v) is 5.75. The van der Waals surface area contributed by atoms with Crippen molar-refractivity contribution in [3.63, 3.8) is 0 Å². The van der Waals surface area contributed by atoms with Crippen molar-refractivity contribution in [2.45, 2.75) is 71.9 Å². The molecule has 27 heavy (non-hydrogen) atoms. The predicted molar refractivity (Wildman–Crippen MR) is 110 cm³/mol. The Morgan fingerprint density at radius 3 is 2.07 bits per heavy atom. The van der Waals surface area contributed by atoms with E-state index in [1.165, 1.54) is 5.56 Å². The molecule has 0 heterocycles. The second kappa shape index (κ2) is 10.5. The summed E-state index contributed by atoms with van der Waals surface area (Å²) in [6, 6.07) is 10.4. The molecule has 1 saturated carbocycles. The Labute approximate surface area is 164 Å². The molecular formula is C23H36N2O2. The maximum Gasteiger partial charge on any atom is 0.226 e. The van der Waals surface area contributed by atoms with Gasteiger partial charge in [0.05, 0.1) is 0 Å². The molecule has 0 unspecified atom stereocenters.